The van der Waals surface area contributed by atoms with Crippen molar-refractivity contribution in [1.29, 1.82) is 0 Å². The van der Waals surface area contributed by atoms with E-state index in [1.807, 2.05) is 18.2 Å². The summed E-state index contributed by atoms with van der Waals surface area (Å²) in [4.78, 5) is 0. The first kappa shape index (κ1) is 15.9. The number of benzene rings is 1. The van der Waals surface area contributed by atoms with Crippen molar-refractivity contribution in [2.75, 3.05) is 0 Å². The Balaban J connectivity index is 3.28. The van der Waals surface area contributed by atoms with Crippen molar-refractivity contribution in [3.8, 4) is 0 Å². The maximum atomic E-state index is 14.3. The second kappa shape index (κ2) is 5.90. The summed E-state index contributed by atoms with van der Waals surface area (Å²) >= 11 is 0. The Hall–Kier alpha value is -1.11. The first-order chi connectivity index (χ1) is 8.70. The second-order valence-corrected chi connectivity index (χ2v) is 6.46. The molecule has 1 aromatic carbocycles. The maximum Gasteiger partial charge on any atom is 0.130 e. The van der Waals surface area contributed by atoms with Crippen LogP contribution in [0.1, 0.15) is 64.2 Å². The number of aryl methyl sites for hydroxylation is 1. The third kappa shape index (κ3) is 4.19. The molecule has 0 aliphatic heterocycles. The molecule has 0 spiro atoms. The van der Waals surface area contributed by atoms with Gasteiger partial charge in [-0.25, -0.2) is 4.39 Å². The van der Waals surface area contributed by atoms with E-state index < -0.39 is 5.67 Å². The van der Waals surface area contributed by atoms with E-state index in [0.29, 0.717) is 0 Å². The van der Waals surface area contributed by atoms with E-state index in [9.17, 15) is 4.39 Å². The Kier molecular flexibility index (Phi) is 4.95. The van der Waals surface area contributed by atoms with Crippen molar-refractivity contribution in [3.05, 3.63) is 47.5 Å². The summed E-state index contributed by atoms with van der Waals surface area (Å²) in [7, 11) is 0. The van der Waals surface area contributed by atoms with Crippen molar-refractivity contribution in [3.63, 3.8) is 0 Å². The summed E-state index contributed by atoms with van der Waals surface area (Å²) in [5.74, 6) is 0. The molecule has 19 heavy (non-hydrogen) atoms. The van der Waals surface area contributed by atoms with E-state index in [2.05, 4.69) is 33.4 Å². The molecule has 0 saturated heterocycles. The van der Waals surface area contributed by atoms with Crippen LogP contribution in [0, 0.1) is 0 Å². The maximum absolute atomic E-state index is 14.3. The minimum atomic E-state index is -1.29. The van der Waals surface area contributed by atoms with Gasteiger partial charge in [-0.3, -0.25) is 0 Å². The quantitative estimate of drug-likeness (QED) is 0.577. The van der Waals surface area contributed by atoms with Crippen LogP contribution in [0.5, 0.6) is 0 Å². The van der Waals surface area contributed by atoms with Gasteiger partial charge < -0.3 is 0 Å². The summed E-state index contributed by atoms with van der Waals surface area (Å²) in [6.07, 6.45) is 4.82. The van der Waals surface area contributed by atoms with E-state index in [-0.39, 0.29) is 5.41 Å². The van der Waals surface area contributed by atoms with Crippen LogP contribution >= 0.6 is 0 Å². The lowest BCUT2D eigenvalue weighted by Crippen LogP contribution is -2.18. The van der Waals surface area contributed by atoms with Crippen LogP contribution in [0.15, 0.2) is 30.9 Å². The summed E-state index contributed by atoms with van der Waals surface area (Å²) in [5.41, 5.74) is 2.02. The van der Waals surface area contributed by atoms with Gasteiger partial charge in [-0.05, 0) is 55.2 Å². The zero-order chi connectivity index (χ0) is 14.7. The average molecular weight is 262 g/mol. The molecule has 0 radical (unpaired) electrons. The summed E-state index contributed by atoms with van der Waals surface area (Å²) in [6, 6.07) is 6.25. The first-order valence-electron chi connectivity index (χ1n) is 7.15. The molecule has 0 saturated carbocycles. The first-order valence-corrected chi connectivity index (χ1v) is 7.15. The molecule has 0 N–H and O–H groups in total. The van der Waals surface area contributed by atoms with Gasteiger partial charge in [-0.1, -0.05) is 45.0 Å². The summed E-state index contributed by atoms with van der Waals surface area (Å²) in [5, 5.41) is 0. The molecule has 0 aromatic heterocycles. The van der Waals surface area contributed by atoms with Crippen molar-refractivity contribution >= 4 is 0 Å². The van der Waals surface area contributed by atoms with Crippen molar-refractivity contribution < 1.29 is 4.39 Å². The minimum Gasteiger partial charge on any atom is -0.239 e. The highest BCUT2D eigenvalue weighted by atomic mass is 19.1. The second-order valence-electron chi connectivity index (χ2n) is 6.46. The van der Waals surface area contributed by atoms with Crippen molar-refractivity contribution in [1.82, 2.24) is 0 Å². The number of halogens is 1. The van der Waals surface area contributed by atoms with Gasteiger partial charge in [-0.15, -0.1) is 6.58 Å². The van der Waals surface area contributed by atoms with Crippen molar-refractivity contribution in [2.45, 2.75) is 65.0 Å². The fraction of sp³-hybridized carbons (Fsp3) is 0.556. The lowest BCUT2D eigenvalue weighted by molar-refractivity contribution is 0.221. The third-order valence-corrected chi connectivity index (χ3v) is 3.98. The van der Waals surface area contributed by atoms with E-state index in [1.54, 1.807) is 13.8 Å². The monoisotopic (exact) mass is 262 g/mol. The van der Waals surface area contributed by atoms with Gasteiger partial charge in [0.05, 0.1) is 0 Å². The van der Waals surface area contributed by atoms with Crippen LogP contribution in [-0.4, -0.2) is 0 Å². The van der Waals surface area contributed by atoms with E-state index in [4.69, 9.17) is 0 Å². The Morgan fingerprint density at radius 2 is 1.68 bits per heavy atom. The summed E-state index contributed by atoms with van der Waals surface area (Å²) < 4.78 is 14.3. The van der Waals surface area contributed by atoms with Crippen LogP contribution in [0.2, 0.25) is 0 Å². The average Bonchev–Trinajstić information content (AvgIpc) is 2.35. The highest BCUT2D eigenvalue weighted by molar-refractivity contribution is 5.37. The molecule has 0 unspecified atom stereocenters. The Bertz CT molecular complexity index is 435. The van der Waals surface area contributed by atoms with E-state index in [0.717, 1.165) is 24.8 Å². The number of rotatable bonds is 6. The van der Waals surface area contributed by atoms with Gasteiger partial charge in [0.25, 0.3) is 0 Å². The molecule has 0 amide bonds. The smallest absolute Gasteiger partial charge is 0.130 e. The van der Waals surface area contributed by atoms with Crippen LogP contribution in [0.4, 0.5) is 4.39 Å². The molecular weight excluding hydrogens is 235 g/mol. The lowest BCUT2D eigenvalue weighted by Gasteiger charge is -2.27. The Morgan fingerprint density at radius 1 is 1.11 bits per heavy atom. The molecule has 0 fully saturated rings. The largest absolute Gasteiger partial charge is 0.239 e. The van der Waals surface area contributed by atoms with Crippen LogP contribution < -0.4 is 0 Å². The Labute approximate surface area is 117 Å². The standard InChI is InChI=1S/C18H27F/c1-7-9-10-14-11-15(17(3,4)8-2)13-16(12-14)18(5,6)19/h7,11-13H,1,8-10H2,2-6H3. The number of alkyl halides is 1. The van der Waals surface area contributed by atoms with Gasteiger partial charge >= 0.3 is 0 Å². The molecule has 0 aliphatic carbocycles. The van der Waals surface area contributed by atoms with Crippen LogP contribution in [-0.2, 0) is 17.5 Å². The minimum absolute atomic E-state index is 0.0875. The van der Waals surface area contributed by atoms with E-state index >= 15 is 0 Å². The zero-order valence-corrected chi connectivity index (χ0v) is 13.0. The fourth-order valence-corrected chi connectivity index (χ4v) is 2.04. The zero-order valence-electron chi connectivity index (χ0n) is 13.0. The van der Waals surface area contributed by atoms with Gasteiger partial charge in [0.2, 0.25) is 0 Å². The molecule has 0 bridgehead atoms. The molecule has 1 heteroatoms. The molecular formula is C18H27F. The van der Waals surface area contributed by atoms with Gasteiger partial charge in [-0.2, -0.15) is 0 Å². The van der Waals surface area contributed by atoms with E-state index in [1.165, 1.54) is 11.1 Å². The third-order valence-electron chi connectivity index (χ3n) is 3.98. The number of allylic oxidation sites excluding steroid dienone is 1. The molecule has 0 nitrogen and oxygen atoms in total. The molecule has 106 valence electrons. The lowest BCUT2D eigenvalue weighted by atomic mass is 9.79. The fourth-order valence-electron chi connectivity index (χ4n) is 2.04. The van der Waals surface area contributed by atoms with Crippen LogP contribution in [0.25, 0.3) is 0 Å². The topological polar surface area (TPSA) is 0 Å². The summed E-state index contributed by atoms with van der Waals surface area (Å²) in [6.45, 7) is 13.6. The molecule has 0 aliphatic rings. The number of hydrogen-bond donors (Lipinski definition) is 0. The molecule has 0 atom stereocenters. The Morgan fingerprint density at radius 3 is 2.16 bits per heavy atom. The van der Waals surface area contributed by atoms with Crippen molar-refractivity contribution in [2.24, 2.45) is 0 Å². The molecule has 1 rings (SSSR count). The highest BCUT2D eigenvalue weighted by Crippen LogP contribution is 2.33. The van der Waals surface area contributed by atoms with Crippen LogP contribution in [0.3, 0.4) is 0 Å². The normalized spacial score (nSPS) is 12.5. The SMILES string of the molecule is C=CCCc1cc(C(C)(C)F)cc(C(C)(C)CC)c1. The predicted molar refractivity (Wildman–Crippen MR) is 82.4 cm³/mol. The predicted octanol–water partition coefficient (Wildman–Crippen LogP) is 5.70. The highest BCUT2D eigenvalue weighted by Gasteiger charge is 2.24. The van der Waals surface area contributed by atoms with Gasteiger partial charge in [0, 0.05) is 0 Å². The molecule has 1 aromatic rings. The van der Waals surface area contributed by atoms with Gasteiger partial charge in [0.1, 0.15) is 5.67 Å². The van der Waals surface area contributed by atoms with Gasteiger partial charge in [0.15, 0.2) is 0 Å². The molecule has 0 heterocycles. The number of hydrogen-bond acceptors (Lipinski definition) is 0.